The zero-order valence-electron chi connectivity index (χ0n) is 8.04. The van der Waals surface area contributed by atoms with Gasteiger partial charge < -0.3 is 11.5 Å². The molecule has 0 amide bonds. The van der Waals surface area contributed by atoms with Crippen molar-refractivity contribution in [2.75, 3.05) is 6.54 Å². The first kappa shape index (κ1) is 12.7. The number of nitrogens with two attached hydrogens (primary N) is 2. The number of halogens is 2. The fourth-order valence-corrected chi connectivity index (χ4v) is 1.85. The van der Waals surface area contributed by atoms with Crippen LogP contribution in [0.5, 0.6) is 0 Å². The molecule has 1 rings (SSSR count). The van der Waals surface area contributed by atoms with E-state index in [1.807, 2.05) is 6.07 Å². The second-order valence-electron chi connectivity index (χ2n) is 3.28. The molecule has 0 spiro atoms. The summed E-state index contributed by atoms with van der Waals surface area (Å²) in [6.45, 7) is 0.481. The van der Waals surface area contributed by atoms with Crippen molar-refractivity contribution in [2.24, 2.45) is 11.5 Å². The van der Waals surface area contributed by atoms with Crippen molar-refractivity contribution in [3.63, 3.8) is 0 Å². The Morgan fingerprint density at radius 3 is 2.47 bits per heavy atom. The van der Waals surface area contributed by atoms with Gasteiger partial charge in [0.05, 0.1) is 15.0 Å². The van der Waals surface area contributed by atoms with Crippen molar-refractivity contribution >= 4 is 40.4 Å². The summed E-state index contributed by atoms with van der Waals surface area (Å²) in [6, 6.07) is 5.45. The van der Waals surface area contributed by atoms with Gasteiger partial charge in [-0.2, -0.15) is 0 Å². The predicted octanol–water partition coefficient (Wildman–Crippen LogP) is 2.71. The van der Waals surface area contributed by atoms with Gasteiger partial charge in [-0.25, -0.2) is 0 Å². The smallest absolute Gasteiger partial charge is 0.0733 e. The highest BCUT2D eigenvalue weighted by Crippen LogP contribution is 2.27. The summed E-state index contributed by atoms with van der Waals surface area (Å²) in [7, 11) is 0. The van der Waals surface area contributed by atoms with Crippen molar-refractivity contribution in [1.29, 1.82) is 0 Å². The fraction of sp³-hybridized carbons (Fsp3) is 0.300. The Balaban J connectivity index is 2.92. The van der Waals surface area contributed by atoms with E-state index in [2.05, 4.69) is 0 Å². The SMILES string of the molecule is NCC(CC(N)=S)c1ccc(Cl)c(Cl)c1. The zero-order valence-corrected chi connectivity index (χ0v) is 10.4. The van der Waals surface area contributed by atoms with Crippen LogP contribution in [0.3, 0.4) is 0 Å². The Kier molecular flexibility index (Phi) is 4.80. The van der Waals surface area contributed by atoms with Gasteiger partial charge in [-0.05, 0) is 24.2 Å². The van der Waals surface area contributed by atoms with Crippen LogP contribution in [0.1, 0.15) is 17.9 Å². The van der Waals surface area contributed by atoms with Crippen molar-refractivity contribution < 1.29 is 0 Å². The highest BCUT2D eigenvalue weighted by atomic mass is 35.5. The Morgan fingerprint density at radius 1 is 1.33 bits per heavy atom. The molecule has 0 aliphatic carbocycles. The van der Waals surface area contributed by atoms with Crippen LogP contribution in [-0.4, -0.2) is 11.5 Å². The maximum Gasteiger partial charge on any atom is 0.0733 e. The molecule has 0 radical (unpaired) electrons. The first-order chi connectivity index (χ1) is 7.04. The Hall–Kier alpha value is -0.350. The average molecular weight is 263 g/mol. The van der Waals surface area contributed by atoms with Crippen LogP contribution < -0.4 is 11.5 Å². The minimum absolute atomic E-state index is 0.109. The van der Waals surface area contributed by atoms with E-state index in [0.717, 1.165) is 5.56 Å². The Bertz CT molecular complexity index is 368. The molecule has 2 nitrogen and oxygen atoms in total. The topological polar surface area (TPSA) is 52.0 Å². The van der Waals surface area contributed by atoms with E-state index in [-0.39, 0.29) is 5.92 Å². The van der Waals surface area contributed by atoms with Gasteiger partial charge in [0, 0.05) is 12.3 Å². The van der Waals surface area contributed by atoms with Crippen LogP contribution in [0, 0.1) is 0 Å². The van der Waals surface area contributed by atoms with E-state index in [1.165, 1.54) is 0 Å². The van der Waals surface area contributed by atoms with Crippen LogP contribution in [-0.2, 0) is 0 Å². The summed E-state index contributed by atoms with van der Waals surface area (Å²) >= 11 is 16.6. The first-order valence-electron chi connectivity index (χ1n) is 4.48. The number of benzene rings is 1. The van der Waals surface area contributed by atoms with E-state index in [4.69, 9.17) is 46.9 Å². The molecule has 15 heavy (non-hydrogen) atoms. The molecule has 1 aromatic rings. The molecule has 0 heterocycles. The van der Waals surface area contributed by atoms with Crippen LogP contribution in [0.2, 0.25) is 10.0 Å². The van der Waals surface area contributed by atoms with Gasteiger partial charge in [0.1, 0.15) is 0 Å². The van der Waals surface area contributed by atoms with E-state index in [0.29, 0.717) is 28.0 Å². The minimum atomic E-state index is 0.109. The van der Waals surface area contributed by atoms with Gasteiger partial charge in [0.15, 0.2) is 0 Å². The molecule has 1 unspecified atom stereocenters. The molecule has 1 aromatic carbocycles. The minimum Gasteiger partial charge on any atom is -0.393 e. The molecule has 0 saturated carbocycles. The quantitative estimate of drug-likeness (QED) is 0.821. The van der Waals surface area contributed by atoms with Crippen molar-refractivity contribution in [3.05, 3.63) is 33.8 Å². The Morgan fingerprint density at radius 2 is 2.00 bits per heavy atom. The maximum absolute atomic E-state index is 5.91. The van der Waals surface area contributed by atoms with Gasteiger partial charge in [0.2, 0.25) is 0 Å². The molecule has 0 aliphatic rings. The molecule has 82 valence electrons. The molecule has 4 N–H and O–H groups in total. The third kappa shape index (κ3) is 3.61. The standard InChI is InChI=1S/C10H12Cl2N2S/c11-8-2-1-6(3-9(8)12)7(5-13)4-10(14)15/h1-3,7H,4-5,13H2,(H2,14,15). The number of rotatable bonds is 4. The molecule has 5 heteroatoms. The van der Waals surface area contributed by atoms with Crippen LogP contribution >= 0.6 is 35.4 Å². The van der Waals surface area contributed by atoms with Gasteiger partial charge in [-0.15, -0.1) is 0 Å². The Labute approximate surface area is 105 Å². The molecule has 0 fully saturated rings. The van der Waals surface area contributed by atoms with Crippen LogP contribution in [0.4, 0.5) is 0 Å². The first-order valence-corrected chi connectivity index (χ1v) is 5.64. The largest absolute Gasteiger partial charge is 0.393 e. The van der Waals surface area contributed by atoms with Crippen LogP contribution in [0.15, 0.2) is 18.2 Å². The average Bonchev–Trinajstić information content (AvgIpc) is 2.18. The number of hydrogen-bond acceptors (Lipinski definition) is 2. The van der Waals surface area contributed by atoms with E-state index in [1.54, 1.807) is 12.1 Å². The molecule has 0 saturated heterocycles. The van der Waals surface area contributed by atoms with Crippen LogP contribution in [0.25, 0.3) is 0 Å². The van der Waals surface area contributed by atoms with Crippen molar-refractivity contribution in [3.8, 4) is 0 Å². The van der Waals surface area contributed by atoms with Gasteiger partial charge in [-0.1, -0.05) is 41.5 Å². The third-order valence-corrected chi connectivity index (χ3v) is 3.05. The van der Waals surface area contributed by atoms with Gasteiger partial charge >= 0.3 is 0 Å². The number of hydrogen-bond donors (Lipinski definition) is 2. The van der Waals surface area contributed by atoms with Crippen molar-refractivity contribution in [1.82, 2.24) is 0 Å². The van der Waals surface area contributed by atoms with Gasteiger partial charge in [-0.3, -0.25) is 0 Å². The summed E-state index contributed by atoms with van der Waals surface area (Å²) in [6.07, 6.45) is 0.587. The molecule has 0 bridgehead atoms. The summed E-state index contributed by atoms with van der Waals surface area (Å²) < 4.78 is 0. The number of thiocarbonyl (C=S) groups is 1. The second kappa shape index (κ2) is 5.66. The molecule has 0 aromatic heterocycles. The molecule has 0 aliphatic heterocycles. The monoisotopic (exact) mass is 262 g/mol. The fourth-order valence-electron chi connectivity index (χ4n) is 1.35. The van der Waals surface area contributed by atoms with Gasteiger partial charge in [0.25, 0.3) is 0 Å². The summed E-state index contributed by atoms with van der Waals surface area (Å²) in [5, 5.41) is 1.06. The molecule has 1 atom stereocenters. The lowest BCUT2D eigenvalue weighted by Gasteiger charge is -2.14. The molecular weight excluding hydrogens is 251 g/mol. The maximum atomic E-state index is 5.91. The normalized spacial score (nSPS) is 12.5. The molecular formula is C10H12Cl2N2S. The second-order valence-corrected chi connectivity index (χ2v) is 4.62. The van der Waals surface area contributed by atoms with Crippen molar-refractivity contribution in [2.45, 2.75) is 12.3 Å². The summed E-state index contributed by atoms with van der Waals surface area (Å²) in [4.78, 5) is 0.455. The lowest BCUT2D eigenvalue weighted by Crippen LogP contribution is -2.19. The highest BCUT2D eigenvalue weighted by molar-refractivity contribution is 7.80. The lowest BCUT2D eigenvalue weighted by molar-refractivity contribution is 0.730. The predicted molar refractivity (Wildman–Crippen MR) is 69.7 cm³/mol. The summed E-state index contributed by atoms with van der Waals surface area (Å²) in [5.41, 5.74) is 12.2. The highest BCUT2D eigenvalue weighted by Gasteiger charge is 2.12. The zero-order chi connectivity index (χ0) is 11.4. The van der Waals surface area contributed by atoms with E-state index < -0.39 is 0 Å². The van der Waals surface area contributed by atoms with E-state index in [9.17, 15) is 0 Å². The summed E-state index contributed by atoms with van der Waals surface area (Å²) in [5.74, 6) is 0.109. The lowest BCUT2D eigenvalue weighted by atomic mass is 9.96. The third-order valence-electron chi connectivity index (χ3n) is 2.15. The van der Waals surface area contributed by atoms with E-state index >= 15 is 0 Å².